The van der Waals surface area contributed by atoms with Gasteiger partial charge in [0.25, 0.3) is 0 Å². The summed E-state index contributed by atoms with van der Waals surface area (Å²) in [4.78, 5) is 4.13. The lowest BCUT2D eigenvalue weighted by molar-refractivity contribution is 0.476. The van der Waals surface area contributed by atoms with Gasteiger partial charge < -0.3 is 10.8 Å². The molecule has 0 saturated heterocycles. The first-order valence-corrected chi connectivity index (χ1v) is 6.43. The molecule has 3 N–H and O–H groups in total. The Morgan fingerprint density at radius 2 is 1.74 bits per heavy atom. The van der Waals surface area contributed by atoms with Crippen LogP contribution in [0.4, 0.5) is 5.69 Å². The minimum absolute atomic E-state index is 0.0231. The molecule has 2 aromatic rings. The van der Waals surface area contributed by atoms with Crippen LogP contribution >= 0.6 is 11.6 Å². The van der Waals surface area contributed by atoms with Crippen LogP contribution in [0.5, 0.6) is 5.75 Å². The van der Waals surface area contributed by atoms with Crippen LogP contribution in [0.3, 0.4) is 0 Å². The van der Waals surface area contributed by atoms with Crippen molar-refractivity contribution in [1.82, 2.24) is 4.98 Å². The number of nitrogen functional groups attached to an aromatic ring is 1. The van der Waals surface area contributed by atoms with Crippen LogP contribution in [0.15, 0.2) is 30.3 Å². The summed E-state index contributed by atoms with van der Waals surface area (Å²) in [6.45, 7) is 6.49. The number of aromatic nitrogens is 1. The number of anilines is 1. The summed E-state index contributed by atoms with van der Waals surface area (Å²) in [6.07, 6.45) is 0. The van der Waals surface area contributed by atoms with E-state index in [1.54, 1.807) is 6.07 Å². The summed E-state index contributed by atoms with van der Waals surface area (Å²) in [7, 11) is 0. The number of nitrogens with two attached hydrogens (primary N) is 1. The van der Waals surface area contributed by atoms with Gasteiger partial charge in [0.15, 0.2) is 10.9 Å². The molecule has 1 aromatic heterocycles. The molecule has 0 atom stereocenters. The highest BCUT2D eigenvalue weighted by Gasteiger charge is 2.14. The molecule has 4 heteroatoms. The molecule has 0 aliphatic heterocycles. The van der Waals surface area contributed by atoms with Gasteiger partial charge in [0.1, 0.15) is 0 Å². The average molecular weight is 277 g/mol. The molecule has 19 heavy (non-hydrogen) atoms. The van der Waals surface area contributed by atoms with E-state index in [0.717, 1.165) is 5.56 Å². The number of hydrogen-bond acceptors (Lipinski definition) is 3. The van der Waals surface area contributed by atoms with Crippen molar-refractivity contribution < 1.29 is 5.11 Å². The normalized spacial score (nSPS) is 11.6. The fourth-order valence-corrected chi connectivity index (χ4v) is 2.01. The molecule has 0 fully saturated rings. The Hall–Kier alpha value is -1.74. The number of nitrogens with zero attached hydrogens (tertiary/aromatic N) is 1. The topological polar surface area (TPSA) is 59.1 Å². The Kier molecular flexibility index (Phi) is 3.42. The van der Waals surface area contributed by atoms with Crippen LogP contribution in [0.2, 0.25) is 5.15 Å². The van der Waals surface area contributed by atoms with Gasteiger partial charge in [0, 0.05) is 5.56 Å². The van der Waals surface area contributed by atoms with Gasteiger partial charge in [0.2, 0.25) is 0 Å². The van der Waals surface area contributed by atoms with E-state index in [-0.39, 0.29) is 22.0 Å². The van der Waals surface area contributed by atoms with E-state index in [0.29, 0.717) is 5.69 Å². The van der Waals surface area contributed by atoms with Crippen LogP contribution in [0.1, 0.15) is 26.3 Å². The second kappa shape index (κ2) is 4.74. The van der Waals surface area contributed by atoms with Crippen molar-refractivity contribution in [1.29, 1.82) is 0 Å². The first kappa shape index (κ1) is 13.7. The molecule has 1 aromatic carbocycles. The molecule has 0 aliphatic rings. The van der Waals surface area contributed by atoms with Gasteiger partial charge in [-0.3, -0.25) is 0 Å². The maximum Gasteiger partial charge on any atom is 0.176 e. The maximum absolute atomic E-state index is 9.51. The monoisotopic (exact) mass is 276 g/mol. The van der Waals surface area contributed by atoms with Gasteiger partial charge in [-0.2, -0.15) is 0 Å². The summed E-state index contributed by atoms with van der Waals surface area (Å²) >= 11 is 5.83. The molecule has 1 heterocycles. The largest absolute Gasteiger partial charge is 0.503 e. The molecule has 0 saturated carbocycles. The summed E-state index contributed by atoms with van der Waals surface area (Å²) in [5.74, 6) is -0.170. The summed E-state index contributed by atoms with van der Waals surface area (Å²) in [5.41, 5.74) is 8.84. The van der Waals surface area contributed by atoms with E-state index < -0.39 is 0 Å². The molecule has 0 radical (unpaired) electrons. The highest BCUT2D eigenvalue weighted by atomic mass is 35.5. The fourth-order valence-electron chi connectivity index (χ4n) is 1.81. The van der Waals surface area contributed by atoms with Crippen molar-refractivity contribution in [3.63, 3.8) is 0 Å². The first-order valence-electron chi connectivity index (χ1n) is 6.05. The van der Waals surface area contributed by atoms with E-state index in [1.165, 1.54) is 5.56 Å². The van der Waals surface area contributed by atoms with Crippen LogP contribution in [-0.4, -0.2) is 10.1 Å². The summed E-state index contributed by atoms with van der Waals surface area (Å²) in [5, 5.41) is 9.53. The van der Waals surface area contributed by atoms with Gasteiger partial charge >= 0.3 is 0 Å². The Labute approximate surface area is 118 Å². The quantitative estimate of drug-likeness (QED) is 0.774. The highest BCUT2D eigenvalue weighted by Crippen LogP contribution is 2.32. The molecular weight excluding hydrogens is 260 g/mol. The lowest BCUT2D eigenvalue weighted by atomic mass is 9.86. The highest BCUT2D eigenvalue weighted by molar-refractivity contribution is 6.31. The minimum Gasteiger partial charge on any atom is -0.503 e. The molecule has 2 rings (SSSR count). The van der Waals surface area contributed by atoms with Crippen LogP contribution < -0.4 is 5.73 Å². The Morgan fingerprint density at radius 3 is 2.21 bits per heavy atom. The second-order valence-electron chi connectivity index (χ2n) is 5.56. The molecule has 0 spiro atoms. The predicted octanol–water partition coefficient (Wildman–Crippen LogP) is 3.99. The van der Waals surface area contributed by atoms with Crippen molar-refractivity contribution in [3.05, 3.63) is 41.0 Å². The standard InChI is InChI=1S/C15H17ClN2O/c1-15(2,3)10-6-4-9(5-7-10)12-8-11(17)13(19)14(16)18-12/h4-8,19H,1-3H3,(H2,17,18). The van der Waals surface area contributed by atoms with Gasteiger partial charge in [-0.05, 0) is 17.0 Å². The van der Waals surface area contributed by atoms with Crippen LogP contribution in [0.25, 0.3) is 11.3 Å². The van der Waals surface area contributed by atoms with Crippen molar-refractivity contribution in [2.24, 2.45) is 0 Å². The van der Waals surface area contributed by atoms with E-state index in [1.807, 2.05) is 12.1 Å². The van der Waals surface area contributed by atoms with Crippen LogP contribution in [0, 0.1) is 0 Å². The molecule has 0 bridgehead atoms. The number of benzene rings is 1. The Balaban J connectivity index is 2.43. The molecule has 0 amide bonds. The third-order valence-corrected chi connectivity index (χ3v) is 3.29. The van der Waals surface area contributed by atoms with Crippen molar-refractivity contribution in [3.8, 4) is 17.0 Å². The smallest absolute Gasteiger partial charge is 0.176 e. The fraction of sp³-hybridized carbons (Fsp3) is 0.267. The SMILES string of the molecule is CC(C)(C)c1ccc(-c2cc(N)c(O)c(Cl)n2)cc1. The molecular formula is C15H17ClN2O. The van der Waals surface area contributed by atoms with Crippen molar-refractivity contribution in [2.75, 3.05) is 5.73 Å². The van der Waals surface area contributed by atoms with Gasteiger partial charge in [-0.25, -0.2) is 4.98 Å². The average Bonchev–Trinajstić information content (AvgIpc) is 2.34. The maximum atomic E-state index is 9.51. The van der Waals surface area contributed by atoms with E-state index in [4.69, 9.17) is 17.3 Å². The lowest BCUT2D eigenvalue weighted by Crippen LogP contribution is -2.10. The Morgan fingerprint density at radius 1 is 1.16 bits per heavy atom. The number of aromatic hydroxyl groups is 1. The zero-order valence-corrected chi connectivity index (χ0v) is 12.0. The third kappa shape index (κ3) is 2.82. The van der Waals surface area contributed by atoms with Crippen LogP contribution in [-0.2, 0) is 5.41 Å². The van der Waals surface area contributed by atoms with Crippen molar-refractivity contribution in [2.45, 2.75) is 26.2 Å². The Bertz CT molecular complexity index is 578. The number of pyridine rings is 1. The van der Waals surface area contributed by atoms with Crippen molar-refractivity contribution >= 4 is 17.3 Å². The molecule has 3 nitrogen and oxygen atoms in total. The molecule has 0 aliphatic carbocycles. The lowest BCUT2D eigenvalue weighted by Gasteiger charge is -2.19. The number of hydrogen-bond donors (Lipinski definition) is 2. The van der Waals surface area contributed by atoms with Gasteiger partial charge in [-0.15, -0.1) is 0 Å². The minimum atomic E-state index is -0.170. The molecule has 0 unspecified atom stereocenters. The predicted molar refractivity (Wildman–Crippen MR) is 79.5 cm³/mol. The van der Waals surface area contributed by atoms with E-state index in [9.17, 15) is 5.11 Å². The molecule has 100 valence electrons. The summed E-state index contributed by atoms with van der Waals surface area (Å²) < 4.78 is 0. The van der Waals surface area contributed by atoms with Gasteiger partial charge in [-0.1, -0.05) is 56.6 Å². The van der Waals surface area contributed by atoms with E-state index in [2.05, 4.69) is 37.9 Å². The first-order chi connectivity index (χ1) is 8.79. The second-order valence-corrected chi connectivity index (χ2v) is 5.92. The van der Waals surface area contributed by atoms with Gasteiger partial charge in [0.05, 0.1) is 11.4 Å². The zero-order valence-electron chi connectivity index (χ0n) is 11.2. The van der Waals surface area contributed by atoms with E-state index >= 15 is 0 Å². The number of halogens is 1. The zero-order chi connectivity index (χ0) is 14.2. The summed E-state index contributed by atoms with van der Waals surface area (Å²) in [6, 6.07) is 9.71. The third-order valence-electron chi connectivity index (χ3n) is 3.03. The number of rotatable bonds is 1.